The van der Waals surface area contributed by atoms with Crippen LogP contribution in [0.15, 0.2) is 79.0 Å². The van der Waals surface area contributed by atoms with Gasteiger partial charge < -0.3 is 5.11 Å². The van der Waals surface area contributed by atoms with E-state index < -0.39 is 0 Å². The first-order valence-corrected chi connectivity index (χ1v) is 11.0. The zero-order valence-corrected chi connectivity index (χ0v) is 17.1. The molecule has 2 nitrogen and oxygen atoms in total. The van der Waals surface area contributed by atoms with Crippen LogP contribution in [0.5, 0.6) is 0 Å². The third kappa shape index (κ3) is 5.55. The summed E-state index contributed by atoms with van der Waals surface area (Å²) in [4.78, 5) is 4.69. The van der Waals surface area contributed by atoms with Crippen LogP contribution in [0, 0.1) is 5.92 Å². The first-order valence-electron chi connectivity index (χ1n) is 11.0. The molecule has 1 heterocycles. The molecule has 0 radical (unpaired) electrons. The van der Waals surface area contributed by atoms with Crippen LogP contribution < -0.4 is 0 Å². The molecule has 0 atom stereocenters. The summed E-state index contributed by atoms with van der Waals surface area (Å²) in [5, 5.41) is 8.21. The molecular weight excluding hydrogens is 354 g/mol. The molecule has 3 aromatic rings. The number of pyridine rings is 1. The van der Waals surface area contributed by atoms with Crippen molar-refractivity contribution < 1.29 is 5.11 Å². The summed E-state index contributed by atoms with van der Waals surface area (Å²) in [6.45, 7) is 0.417. The Morgan fingerprint density at radius 2 is 1.31 bits per heavy atom. The van der Waals surface area contributed by atoms with Gasteiger partial charge in [0, 0.05) is 24.4 Å². The predicted octanol–water partition coefficient (Wildman–Crippen LogP) is 6.58. The summed E-state index contributed by atoms with van der Waals surface area (Å²) in [6.07, 6.45) is 9.52. The van der Waals surface area contributed by atoms with E-state index in [0.29, 0.717) is 18.4 Å². The first-order chi connectivity index (χ1) is 14.3. The smallest absolute Gasteiger partial charge is 0.0459 e. The Bertz CT molecular complexity index is 865. The number of benzene rings is 2. The minimum absolute atomic E-state index is 0.417. The quantitative estimate of drug-likeness (QED) is 0.550. The van der Waals surface area contributed by atoms with E-state index in [9.17, 15) is 0 Å². The lowest BCUT2D eigenvalue weighted by molar-refractivity contribution is 0.277. The van der Waals surface area contributed by atoms with Crippen molar-refractivity contribution in [2.45, 2.75) is 50.4 Å². The first kappa shape index (κ1) is 19.8. The Morgan fingerprint density at radius 1 is 0.690 bits per heavy atom. The Kier molecular flexibility index (Phi) is 6.74. The van der Waals surface area contributed by atoms with Crippen LogP contribution >= 0.6 is 0 Å². The average molecular weight is 386 g/mol. The van der Waals surface area contributed by atoms with Crippen LogP contribution in [0.2, 0.25) is 0 Å². The molecule has 0 unspecified atom stereocenters. The minimum Gasteiger partial charge on any atom is -0.396 e. The van der Waals surface area contributed by atoms with Crippen molar-refractivity contribution in [2.75, 3.05) is 6.61 Å². The molecule has 2 saturated carbocycles. The number of aromatic nitrogens is 1. The lowest BCUT2D eigenvalue weighted by Gasteiger charge is -2.28. The zero-order chi connectivity index (χ0) is 19.9. The average Bonchev–Trinajstić information content (AvgIpc) is 3.66. The maximum atomic E-state index is 8.21. The highest BCUT2D eigenvalue weighted by atomic mass is 16.3. The highest BCUT2D eigenvalue weighted by Gasteiger charge is 2.24. The van der Waals surface area contributed by atoms with E-state index in [1.807, 2.05) is 6.20 Å². The molecule has 5 rings (SSSR count). The van der Waals surface area contributed by atoms with Crippen molar-refractivity contribution in [3.63, 3.8) is 0 Å². The summed E-state index contributed by atoms with van der Waals surface area (Å²) >= 11 is 0. The van der Waals surface area contributed by atoms with Crippen molar-refractivity contribution in [3.8, 4) is 11.1 Å². The Morgan fingerprint density at radius 3 is 1.90 bits per heavy atom. The standard InChI is InChI=1S/C23H23N.C4H8O/c1-3-7-18(8-4-1)20-11-13-21(14-12-20)23-17-22(15-16-24-23)19-9-5-2-6-10-19;5-3-4-1-2-4/h1-10,15-17,20-21H,11-14H2;4-5H,1-3H2. The molecule has 2 aliphatic rings. The summed E-state index contributed by atoms with van der Waals surface area (Å²) < 4.78 is 0. The molecule has 0 amide bonds. The van der Waals surface area contributed by atoms with Gasteiger partial charge in [0.05, 0.1) is 0 Å². The third-order valence-corrected chi connectivity index (χ3v) is 6.26. The van der Waals surface area contributed by atoms with Gasteiger partial charge in [-0.1, -0.05) is 60.7 Å². The Hall–Kier alpha value is -2.45. The number of aliphatic hydroxyl groups excluding tert-OH is 1. The van der Waals surface area contributed by atoms with E-state index in [0.717, 1.165) is 5.92 Å². The van der Waals surface area contributed by atoms with Crippen molar-refractivity contribution in [3.05, 3.63) is 90.3 Å². The van der Waals surface area contributed by atoms with E-state index in [1.54, 1.807) is 0 Å². The zero-order valence-electron chi connectivity index (χ0n) is 17.1. The molecule has 0 aliphatic heterocycles. The van der Waals surface area contributed by atoms with Gasteiger partial charge >= 0.3 is 0 Å². The number of aliphatic hydroxyl groups is 1. The highest BCUT2D eigenvalue weighted by molar-refractivity contribution is 5.63. The van der Waals surface area contributed by atoms with Gasteiger partial charge in [-0.25, -0.2) is 0 Å². The monoisotopic (exact) mass is 385 g/mol. The molecule has 29 heavy (non-hydrogen) atoms. The van der Waals surface area contributed by atoms with Crippen LogP contribution in [0.4, 0.5) is 0 Å². The minimum atomic E-state index is 0.417. The van der Waals surface area contributed by atoms with Crippen LogP contribution in [-0.2, 0) is 0 Å². The number of hydrogen-bond acceptors (Lipinski definition) is 2. The largest absolute Gasteiger partial charge is 0.396 e. The molecule has 1 N–H and O–H groups in total. The topological polar surface area (TPSA) is 33.1 Å². The second-order valence-corrected chi connectivity index (χ2v) is 8.42. The van der Waals surface area contributed by atoms with Crippen LogP contribution in [0.25, 0.3) is 11.1 Å². The van der Waals surface area contributed by atoms with Gasteiger partial charge in [-0.05, 0) is 79.2 Å². The predicted molar refractivity (Wildman–Crippen MR) is 120 cm³/mol. The number of rotatable bonds is 4. The molecular formula is C27H31NO. The molecule has 2 fully saturated rings. The summed E-state index contributed by atoms with van der Waals surface area (Å²) in [5.41, 5.74) is 5.33. The second kappa shape index (κ2) is 9.84. The second-order valence-electron chi connectivity index (χ2n) is 8.42. The van der Waals surface area contributed by atoms with E-state index in [2.05, 4.69) is 77.8 Å². The lowest BCUT2D eigenvalue weighted by Crippen LogP contribution is -2.13. The SMILES string of the molecule is OCC1CC1.c1ccc(-c2ccnc(C3CCC(c4ccccc4)CC3)c2)cc1. The maximum Gasteiger partial charge on any atom is 0.0459 e. The summed E-state index contributed by atoms with van der Waals surface area (Å²) in [5.74, 6) is 2.02. The van der Waals surface area contributed by atoms with E-state index >= 15 is 0 Å². The maximum absolute atomic E-state index is 8.21. The van der Waals surface area contributed by atoms with Crippen molar-refractivity contribution in [1.29, 1.82) is 0 Å². The van der Waals surface area contributed by atoms with Crippen LogP contribution in [-0.4, -0.2) is 16.7 Å². The molecule has 150 valence electrons. The van der Waals surface area contributed by atoms with E-state index in [1.165, 1.54) is 60.9 Å². The van der Waals surface area contributed by atoms with Crippen LogP contribution in [0.1, 0.15) is 61.6 Å². The van der Waals surface area contributed by atoms with Crippen molar-refractivity contribution in [2.24, 2.45) is 5.92 Å². The molecule has 0 spiro atoms. The third-order valence-electron chi connectivity index (χ3n) is 6.26. The molecule has 2 aromatic carbocycles. The molecule has 0 saturated heterocycles. The molecule has 0 bridgehead atoms. The fourth-order valence-corrected chi connectivity index (χ4v) is 4.23. The number of hydrogen-bond donors (Lipinski definition) is 1. The summed E-state index contributed by atoms with van der Waals surface area (Å²) in [6, 6.07) is 26.0. The van der Waals surface area contributed by atoms with Gasteiger partial charge in [0.2, 0.25) is 0 Å². The van der Waals surface area contributed by atoms with Gasteiger partial charge in [0.1, 0.15) is 0 Å². The van der Waals surface area contributed by atoms with Gasteiger partial charge in [0.15, 0.2) is 0 Å². The molecule has 2 aliphatic carbocycles. The summed E-state index contributed by atoms with van der Waals surface area (Å²) in [7, 11) is 0. The Balaban J connectivity index is 0.000000359. The Labute approximate surface area is 174 Å². The van der Waals surface area contributed by atoms with E-state index in [4.69, 9.17) is 5.11 Å². The van der Waals surface area contributed by atoms with Gasteiger partial charge in [-0.2, -0.15) is 0 Å². The fourth-order valence-electron chi connectivity index (χ4n) is 4.23. The van der Waals surface area contributed by atoms with Crippen molar-refractivity contribution >= 4 is 0 Å². The van der Waals surface area contributed by atoms with E-state index in [-0.39, 0.29) is 0 Å². The highest BCUT2D eigenvalue weighted by Crippen LogP contribution is 2.40. The van der Waals surface area contributed by atoms with Gasteiger partial charge in [-0.3, -0.25) is 4.98 Å². The van der Waals surface area contributed by atoms with Gasteiger partial charge in [-0.15, -0.1) is 0 Å². The number of nitrogens with zero attached hydrogens (tertiary/aromatic N) is 1. The van der Waals surface area contributed by atoms with Crippen molar-refractivity contribution in [1.82, 2.24) is 4.98 Å². The van der Waals surface area contributed by atoms with Gasteiger partial charge in [0.25, 0.3) is 0 Å². The van der Waals surface area contributed by atoms with Crippen LogP contribution in [0.3, 0.4) is 0 Å². The lowest BCUT2D eigenvalue weighted by atomic mass is 9.77. The molecule has 2 heteroatoms. The fraction of sp³-hybridized carbons (Fsp3) is 0.370. The normalized spacial score (nSPS) is 21.1. The molecule has 1 aromatic heterocycles.